The summed E-state index contributed by atoms with van der Waals surface area (Å²) in [4.78, 5) is 7.25. The molecule has 0 radical (unpaired) electrons. The van der Waals surface area contributed by atoms with E-state index < -0.39 is 0 Å². The molecule has 0 amide bonds. The van der Waals surface area contributed by atoms with Crippen molar-refractivity contribution >= 4 is 17.6 Å². The van der Waals surface area contributed by atoms with Crippen LogP contribution in [0.3, 0.4) is 0 Å². The van der Waals surface area contributed by atoms with Crippen molar-refractivity contribution in [1.82, 2.24) is 15.5 Å². The van der Waals surface area contributed by atoms with Crippen LogP contribution in [0, 0.1) is 0 Å². The van der Waals surface area contributed by atoms with E-state index in [-0.39, 0.29) is 6.04 Å². The van der Waals surface area contributed by atoms with Gasteiger partial charge in [0, 0.05) is 44.4 Å². The molecule has 0 bridgehead atoms. The van der Waals surface area contributed by atoms with Gasteiger partial charge in [-0.15, -0.1) is 0 Å². The lowest BCUT2D eigenvalue weighted by Crippen LogP contribution is -2.42. The van der Waals surface area contributed by atoms with E-state index >= 15 is 0 Å². The van der Waals surface area contributed by atoms with E-state index in [1.54, 1.807) is 0 Å². The Balaban J connectivity index is 2.04. The van der Waals surface area contributed by atoms with Gasteiger partial charge in [-0.2, -0.15) is 0 Å². The first-order chi connectivity index (χ1) is 13.3. The lowest BCUT2D eigenvalue weighted by molar-refractivity contribution is 0.0180. The predicted molar refractivity (Wildman–Crippen MR) is 112 cm³/mol. The van der Waals surface area contributed by atoms with Crippen LogP contribution in [0.2, 0.25) is 5.02 Å². The number of guanidine groups is 1. The van der Waals surface area contributed by atoms with Gasteiger partial charge in [-0.25, -0.2) is 0 Å². The summed E-state index contributed by atoms with van der Waals surface area (Å²) in [5.41, 5.74) is 1.12. The number of nitrogens with one attached hydrogen (secondary N) is 2. The van der Waals surface area contributed by atoms with Crippen molar-refractivity contribution in [2.24, 2.45) is 4.99 Å². The zero-order valence-corrected chi connectivity index (χ0v) is 17.3. The first-order valence-electron chi connectivity index (χ1n) is 9.92. The lowest BCUT2D eigenvalue weighted by Gasteiger charge is -2.34. The molecule has 152 valence electrons. The van der Waals surface area contributed by atoms with E-state index in [1.807, 2.05) is 25.1 Å². The Morgan fingerprint density at radius 3 is 2.74 bits per heavy atom. The molecule has 0 aromatic heterocycles. The molecule has 1 atom stereocenters. The molecule has 7 heteroatoms. The van der Waals surface area contributed by atoms with Crippen molar-refractivity contribution < 1.29 is 9.47 Å². The van der Waals surface area contributed by atoms with E-state index in [9.17, 15) is 0 Å². The molecule has 1 unspecified atom stereocenters. The van der Waals surface area contributed by atoms with Crippen molar-refractivity contribution in [3.8, 4) is 0 Å². The SMILES string of the molecule is CCNC(=NCC(c1ccccc1Cl)N1CCOCC1)NCCCOCC. The Morgan fingerprint density at radius 1 is 1.26 bits per heavy atom. The van der Waals surface area contributed by atoms with Gasteiger partial charge >= 0.3 is 0 Å². The Morgan fingerprint density at radius 2 is 2.04 bits per heavy atom. The maximum atomic E-state index is 6.50. The Kier molecular flexibility index (Phi) is 10.5. The number of morpholine rings is 1. The molecule has 1 aliphatic rings. The normalized spacial score (nSPS) is 16.9. The van der Waals surface area contributed by atoms with Crippen LogP contribution in [0.5, 0.6) is 0 Å². The van der Waals surface area contributed by atoms with Crippen LogP contribution in [-0.2, 0) is 9.47 Å². The number of benzene rings is 1. The van der Waals surface area contributed by atoms with Crippen LogP contribution in [0.25, 0.3) is 0 Å². The van der Waals surface area contributed by atoms with Crippen molar-refractivity contribution in [2.45, 2.75) is 26.3 Å². The fraction of sp³-hybridized carbons (Fsp3) is 0.650. The lowest BCUT2D eigenvalue weighted by atomic mass is 10.0. The first kappa shape index (κ1) is 22.0. The smallest absolute Gasteiger partial charge is 0.191 e. The molecule has 1 saturated heterocycles. The number of rotatable bonds is 10. The van der Waals surface area contributed by atoms with Gasteiger partial charge in [0.15, 0.2) is 5.96 Å². The highest BCUT2D eigenvalue weighted by atomic mass is 35.5. The van der Waals surface area contributed by atoms with Crippen LogP contribution in [0.15, 0.2) is 29.3 Å². The van der Waals surface area contributed by atoms with Gasteiger partial charge in [-0.1, -0.05) is 29.8 Å². The molecule has 1 fully saturated rings. The van der Waals surface area contributed by atoms with E-state index in [4.69, 9.17) is 26.1 Å². The summed E-state index contributed by atoms with van der Waals surface area (Å²) in [7, 11) is 0. The summed E-state index contributed by atoms with van der Waals surface area (Å²) in [6, 6.07) is 8.19. The average molecular weight is 397 g/mol. The van der Waals surface area contributed by atoms with Crippen molar-refractivity contribution in [2.75, 3.05) is 59.2 Å². The maximum Gasteiger partial charge on any atom is 0.191 e. The highest BCUT2D eigenvalue weighted by Gasteiger charge is 2.24. The summed E-state index contributed by atoms with van der Waals surface area (Å²) in [6.45, 7) is 11.2. The largest absolute Gasteiger partial charge is 0.382 e. The molecule has 1 aliphatic heterocycles. The maximum absolute atomic E-state index is 6.50. The molecule has 6 nitrogen and oxygen atoms in total. The molecule has 1 aromatic carbocycles. The number of halogens is 1. The van der Waals surface area contributed by atoms with Gasteiger partial charge in [0.2, 0.25) is 0 Å². The Labute approximate surface area is 168 Å². The number of nitrogens with zero attached hydrogens (tertiary/aromatic N) is 2. The van der Waals surface area contributed by atoms with Gasteiger partial charge < -0.3 is 20.1 Å². The molecule has 0 aliphatic carbocycles. The average Bonchev–Trinajstić information content (AvgIpc) is 2.70. The minimum atomic E-state index is 0.140. The van der Waals surface area contributed by atoms with E-state index in [0.717, 1.165) is 75.6 Å². The number of aliphatic imine (C=N–C) groups is 1. The van der Waals surface area contributed by atoms with Crippen LogP contribution < -0.4 is 10.6 Å². The van der Waals surface area contributed by atoms with Crippen LogP contribution in [0.1, 0.15) is 31.9 Å². The van der Waals surface area contributed by atoms with E-state index in [2.05, 4.69) is 28.5 Å². The molecule has 0 spiro atoms. The molecule has 1 aromatic rings. The van der Waals surface area contributed by atoms with Crippen molar-refractivity contribution in [1.29, 1.82) is 0 Å². The van der Waals surface area contributed by atoms with Gasteiger partial charge in [0.1, 0.15) is 0 Å². The second-order valence-corrected chi connectivity index (χ2v) is 6.79. The first-order valence-corrected chi connectivity index (χ1v) is 10.3. The summed E-state index contributed by atoms with van der Waals surface area (Å²) >= 11 is 6.50. The Bertz CT molecular complexity index is 565. The zero-order valence-electron chi connectivity index (χ0n) is 16.5. The molecular formula is C20H33ClN4O2. The third-order valence-corrected chi connectivity index (χ3v) is 4.82. The molecule has 0 saturated carbocycles. The quantitative estimate of drug-likeness (QED) is 0.362. The van der Waals surface area contributed by atoms with Crippen LogP contribution in [-0.4, -0.2) is 70.0 Å². The van der Waals surface area contributed by atoms with Gasteiger partial charge in [0.05, 0.1) is 25.8 Å². The number of hydrogen-bond acceptors (Lipinski definition) is 4. The van der Waals surface area contributed by atoms with Gasteiger partial charge in [-0.05, 0) is 31.9 Å². The topological polar surface area (TPSA) is 58.1 Å². The molecular weight excluding hydrogens is 364 g/mol. The monoisotopic (exact) mass is 396 g/mol. The summed E-state index contributed by atoms with van der Waals surface area (Å²) in [6.07, 6.45) is 0.954. The van der Waals surface area contributed by atoms with Gasteiger partial charge in [0.25, 0.3) is 0 Å². The van der Waals surface area contributed by atoms with E-state index in [0.29, 0.717) is 6.54 Å². The summed E-state index contributed by atoms with van der Waals surface area (Å²) in [5.74, 6) is 0.833. The second-order valence-electron chi connectivity index (χ2n) is 6.38. The fourth-order valence-electron chi connectivity index (χ4n) is 3.09. The zero-order chi connectivity index (χ0) is 19.3. The highest BCUT2D eigenvalue weighted by Crippen LogP contribution is 2.28. The minimum absolute atomic E-state index is 0.140. The molecule has 27 heavy (non-hydrogen) atoms. The highest BCUT2D eigenvalue weighted by molar-refractivity contribution is 6.31. The molecule has 1 heterocycles. The predicted octanol–water partition coefficient (Wildman–Crippen LogP) is 2.70. The van der Waals surface area contributed by atoms with Gasteiger partial charge in [-0.3, -0.25) is 9.89 Å². The summed E-state index contributed by atoms with van der Waals surface area (Å²) < 4.78 is 10.9. The second kappa shape index (κ2) is 12.9. The van der Waals surface area contributed by atoms with Crippen molar-refractivity contribution in [3.63, 3.8) is 0 Å². The third kappa shape index (κ3) is 7.66. The van der Waals surface area contributed by atoms with Crippen LogP contribution >= 0.6 is 11.6 Å². The number of hydrogen-bond donors (Lipinski definition) is 2. The number of ether oxygens (including phenoxy) is 2. The van der Waals surface area contributed by atoms with Crippen LogP contribution in [0.4, 0.5) is 0 Å². The van der Waals surface area contributed by atoms with Crippen molar-refractivity contribution in [3.05, 3.63) is 34.9 Å². The fourth-order valence-corrected chi connectivity index (χ4v) is 3.35. The van der Waals surface area contributed by atoms with E-state index in [1.165, 1.54) is 0 Å². The third-order valence-electron chi connectivity index (χ3n) is 4.48. The Hall–Kier alpha value is -1.34. The standard InChI is InChI=1S/C20H33ClN4O2/c1-3-22-20(23-10-7-13-26-4-2)24-16-19(25-11-14-27-15-12-25)17-8-5-6-9-18(17)21/h5-6,8-9,19H,3-4,7,10-16H2,1-2H3,(H2,22,23,24). The summed E-state index contributed by atoms with van der Waals surface area (Å²) in [5, 5.41) is 7.50. The molecule has 2 rings (SSSR count). The molecule has 2 N–H and O–H groups in total. The minimum Gasteiger partial charge on any atom is -0.382 e.